The number of hydrogen-bond acceptors (Lipinski definition) is 3. The predicted molar refractivity (Wildman–Crippen MR) is 66.0 cm³/mol. The molecule has 0 unspecified atom stereocenters. The lowest BCUT2D eigenvalue weighted by atomic mass is 9.96. The molecule has 2 heterocycles. The van der Waals surface area contributed by atoms with Gasteiger partial charge in [0.15, 0.2) is 0 Å². The van der Waals surface area contributed by atoms with Crippen molar-refractivity contribution in [3.63, 3.8) is 0 Å². The van der Waals surface area contributed by atoms with Crippen molar-refractivity contribution >= 4 is 11.3 Å². The summed E-state index contributed by atoms with van der Waals surface area (Å²) in [6, 6.07) is 6.33. The molecule has 0 saturated carbocycles. The minimum absolute atomic E-state index is 0.482. The Hall–Kier alpha value is -1.35. The second-order valence-corrected chi connectivity index (χ2v) is 5.23. The van der Waals surface area contributed by atoms with E-state index in [4.69, 9.17) is 4.74 Å². The number of benzene rings is 1. The largest absolute Gasteiger partial charge is 0.487 e. The number of para-hydroxylation sites is 1. The van der Waals surface area contributed by atoms with Gasteiger partial charge in [0.2, 0.25) is 0 Å². The molecule has 0 fully saturated rings. The van der Waals surface area contributed by atoms with E-state index in [0.717, 1.165) is 17.0 Å². The van der Waals surface area contributed by atoms with Crippen LogP contribution in [0.15, 0.2) is 23.7 Å². The third-order valence-electron chi connectivity index (χ3n) is 2.91. The van der Waals surface area contributed by atoms with Crippen LogP contribution in [0.3, 0.4) is 0 Å². The zero-order chi connectivity index (χ0) is 11.1. The number of fused-ring (bicyclic) bond motifs is 3. The van der Waals surface area contributed by atoms with Crippen LogP contribution >= 0.6 is 11.3 Å². The van der Waals surface area contributed by atoms with Crippen LogP contribution in [0.4, 0.5) is 0 Å². The molecule has 16 heavy (non-hydrogen) atoms. The second-order valence-electron chi connectivity index (χ2n) is 4.29. The molecule has 1 aliphatic heterocycles. The van der Waals surface area contributed by atoms with Crippen LogP contribution in [-0.4, -0.2) is 4.98 Å². The molecule has 2 aromatic rings. The summed E-state index contributed by atoms with van der Waals surface area (Å²) in [6.45, 7) is 5.04. The number of aromatic nitrogens is 1. The highest BCUT2D eigenvalue weighted by Crippen LogP contribution is 2.42. The van der Waals surface area contributed by atoms with Crippen molar-refractivity contribution in [3.8, 4) is 17.0 Å². The summed E-state index contributed by atoms with van der Waals surface area (Å²) in [7, 11) is 0. The number of thiazole rings is 1. The first-order valence-corrected chi connectivity index (χ1v) is 6.34. The van der Waals surface area contributed by atoms with Crippen LogP contribution in [0.2, 0.25) is 0 Å². The first-order chi connectivity index (χ1) is 7.77. The molecule has 0 spiro atoms. The second kappa shape index (κ2) is 3.59. The first-order valence-electron chi connectivity index (χ1n) is 5.46. The van der Waals surface area contributed by atoms with Gasteiger partial charge in [-0.15, -0.1) is 11.3 Å². The standard InChI is InChI=1S/C13H13NOS/c1-8(2)9-4-3-5-10-12-11(16-7-14-12)6-15-13(9)10/h3-5,7-8H,6H2,1-2H3. The van der Waals surface area contributed by atoms with Crippen LogP contribution < -0.4 is 4.74 Å². The molecule has 3 heteroatoms. The highest BCUT2D eigenvalue weighted by Gasteiger charge is 2.22. The van der Waals surface area contributed by atoms with Crippen molar-refractivity contribution in [3.05, 3.63) is 34.2 Å². The number of rotatable bonds is 1. The SMILES string of the molecule is CC(C)c1cccc2c1OCc1scnc1-2. The zero-order valence-corrected chi connectivity index (χ0v) is 10.2. The fraction of sp³-hybridized carbons (Fsp3) is 0.308. The molecule has 0 atom stereocenters. The molecule has 82 valence electrons. The highest BCUT2D eigenvalue weighted by molar-refractivity contribution is 7.10. The summed E-state index contributed by atoms with van der Waals surface area (Å²) in [5.74, 6) is 1.51. The number of hydrogen-bond donors (Lipinski definition) is 0. The minimum atomic E-state index is 0.482. The fourth-order valence-electron chi connectivity index (χ4n) is 2.09. The Kier molecular flexibility index (Phi) is 2.21. The van der Waals surface area contributed by atoms with Crippen molar-refractivity contribution in [1.82, 2.24) is 4.98 Å². The van der Waals surface area contributed by atoms with Gasteiger partial charge in [-0.25, -0.2) is 4.98 Å². The molecule has 0 radical (unpaired) electrons. The maximum Gasteiger partial charge on any atom is 0.132 e. The molecule has 3 rings (SSSR count). The summed E-state index contributed by atoms with van der Waals surface area (Å²) in [5, 5.41) is 0. The van der Waals surface area contributed by atoms with E-state index in [0.29, 0.717) is 12.5 Å². The fourth-order valence-corrected chi connectivity index (χ4v) is 2.77. The zero-order valence-electron chi connectivity index (χ0n) is 9.36. The molecule has 0 amide bonds. The smallest absolute Gasteiger partial charge is 0.132 e. The number of ether oxygens (including phenoxy) is 1. The van der Waals surface area contributed by atoms with Crippen molar-refractivity contribution in [2.24, 2.45) is 0 Å². The molecular weight excluding hydrogens is 218 g/mol. The molecule has 0 N–H and O–H groups in total. The van der Waals surface area contributed by atoms with Gasteiger partial charge in [-0.2, -0.15) is 0 Å². The van der Waals surface area contributed by atoms with Gasteiger partial charge in [0.1, 0.15) is 12.4 Å². The van der Waals surface area contributed by atoms with Crippen LogP contribution in [0.1, 0.15) is 30.2 Å². The normalized spacial score (nSPS) is 13.2. The van der Waals surface area contributed by atoms with Gasteiger partial charge in [0.05, 0.1) is 16.1 Å². The van der Waals surface area contributed by atoms with E-state index in [9.17, 15) is 0 Å². The number of nitrogens with zero attached hydrogens (tertiary/aromatic N) is 1. The Balaban J connectivity index is 2.24. The first kappa shape index (κ1) is 9.85. The third kappa shape index (κ3) is 1.35. The molecule has 1 aromatic heterocycles. The maximum absolute atomic E-state index is 5.87. The molecule has 1 aliphatic rings. The Bertz CT molecular complexity index is 530. The lowest BCUT2D eigenvalue weighted by Crippen LogP contribution is -2.06. The molecule has 2 nitrogen and oxygen atoms in total. The Morgan fingerprint density at radius 2 is 2.25 bits per heavy atom. The van der Waals surface area contributed by atoms with Gasteiger partial charge in [0, 0.05) is 5.56 Å². The van der Waals surface area contributed by atoms with Gasteiger partial charge in [-0.3, -0.25) is 0 Å². The van der Waals surface area contributed by atoms with E-state index in [1.165, 1.54) is 10.4 Å². The van der Waals surface area contributed by atoms with E-state index in [2.05, 4.69) is 37.0 Å². The molecule has 0 bridgehead atoms. The summed E-state index contributed by atoms with van der Waals surface area (Å²) >= 11 is 1.67. The lowest BCUT2D eigenvalue weighted by molar-refractivity contribution is 0.301. The average molecular weight is 231 g/mol. The summed E-state index contributed by atoms with van der Waals surface area (Å²) < 4.78 is 5.87. The molecular formula is C13H13NOS. The van der Waals surface area contributed by atoms with Crippen molar-refractivity contribution in [2.75, 3.05) is 0 Å². The monoisotopic (exact) mass is 231 g/mol. The Morgan fingerprint density at radius 1 is 1.38 bits per heavy atom. The van der Waals surface area contributed by atoms with Crippen LogP contribution in [0, 0.1) is 0 Å². The van der Waals surface area contributed by atoms with E-state index in [-0.39, 0.29) is 0 Å². The van der Waals surface area contributed by atoms with Gasteiger partial charge in [-0.1, -0.05) is 26.0 Å². The van der Waals surface area contributed by atoms with Gasteiger partial charge < -0.3 is 4.74 Å². The summed E-state index contributed by atoms with van der Waals surface area (Å²) in [4.78, 5) is 5.67. The Morgan fingerprint density at radius 3 is 3.06 bits per heavy atom. The Labute approximate surface area is 98.9 Å². The van der Waals surface area contributed by atoms with Crippen LogP contribution in [0.25, 0.3) is 11.3 Å². The van der Waals surface area contributed by atoms with Crippen molar-refractivity contribution in [2.45, 2.75) is 26.4 Å². The van der Waals surface area contributed by atoms with Gasteiger partial charge in [-0.05, 0) is 17.5 Å². The van der Waals surface area contributed by atoms with E-state index in [1.54, 1.807) is 11.3 Å². The highest BCUT2D eigenvalue weighted by atomic mass is 32.1. The van der Waals surface area contributed by atoms with E-state index >= 15 is 0 Å². The summed E-state index contributed by atoms with van der Waals surface area (Å²) in [5.41, 5.74) is 5.42. The van der Waals surface area contributed by atoms with Gasteiger partial charge in [0.25, 0.3) is 0 Å². The topological polar surface area (TPSA) is 22.1 Å². The summed E-state index contributed by atoms with van der Waals surface area (Å²) in [6.07, 6.45) is 0. The molecule has 1 aromatic carbocycles. The van der Waals surface area contributed by atoms with Gasteiger partial charge >= 0.3 is 0 Å². The average Bonchev–Trinajstić information content (AvgIpc) is 2.76. The van der Waals surface area contributed by atoms with E-state index in [1.807, 2.05) is 5.51 Å². The van der Waals surface area contributed by atoms with E-state index < -0.39 is 0 Å². The molecule has 0 saturated heterocycles. The quantitative estimate of drug-likeness (QED) is 0.744. The van der Waals surface area contributed by atoms with Crippen LogP contribution in [0.5, 0.6) is 5.75 Å². The third-order valence-corrected chi connectivity index (χ3v) is 3.72. The van der Waals surface area contributed by atoms with Crippen molar-refractivity contribution < 1.29 is 4.74 Å². The minimum Gasteiger partial charge on any atom is -0.487 e. The predicted octanol–water partition coefficient (Wildman–Crippen LogP) is 3.83. The lowest BCUT2D eigenvalue weighted by Gasteiger charge is -2.21. The van der Waals surface area contributed by atoms with Crippen molar-refractivity contribution in [1.29, 1.82) is 0 Å². The maximum atomic E-state index is 5.87. The van der Waals surface area contributed by atoms with Crippen LogP contribution in [-0.2, 0) is 6.61 Å². The molecule has 0 aliphatic carbocycles.